The minimum atomic E-state index is -4.47. The second-order valence-electron chi connectivity index (χ2n) is 5.64. The van der Waals surface area contributed by atoms with Crippen LogP contribution in [0.3, 0.4) is 0 Å². The molecule has 2 amide bonds. The molecule has 0 unspecified atom stereocenters. The van der Waals surface area contributed by atoms with E-state index in [0.717, 1.165) is 6.07 Å². The van der Waals surface area contributed by atoms with Crippen LogP contribution in [0.4, 0.5) is 13.2 Å². The summed E-state index contributed by atoms with van der Waals surface area (Å²) < 4.78 is 43.8. The van der Waals surface area contributed by atoms with Gasteiger partial charge in [0.05, 0.1) is 18.2 Å². The van der Waals surface area contributed by atoms with Crippen molar-refractivity contribution in [2.75, 3.05) is 20.3 Å². The number of alkyl halides is 3. The summed E-state index contributed by atoms with van der Waals surface area (Å²) in [6.45, 7) is 0.345. The van der Waals surface area contributed by atoms with Gasteiger partial charge in [0.15, 0.2) is 0 Å². The van der Waals surface area contributed by atoms with Crippen LogP contribution in [0.2, 0.25) is 0 Å². The van der Waals surface area contributed by atoms with Gasteiger partial charge in [0.1, 0.15) is 0 Å². The lowest BCUT2D eigenvalue weighted by atomic mass is 10.1. The van der Waals surface area contributed by atoms with Crippen LogP contribution in [-0.4, -0.2) is 43.0 Å². The summed E-state index contributed by atoms with van der Waals surface area (Å²) in [6, 6.07) is 4.80. The van der Waals surface area contributed by atoms with E-state index in [1.807, 2.05) is 0 Å². The lowest BCUT2D eigenvalue weighted by Gasteiger charge is -2.20. The molecule has 0 bridgehead atoms. The fraction of sp³-hybridized carbons (Fsp3) is 0.500. The summed E-state index contributed by atoms with van der Waals surface area (Å²) in [7, 11) is 1.48. The predicted molar refractivity (Wildman–Crippen MR) is 79.9 cm³/mol. The highest BCUT2D eigenvalue weighted by Crippen LogP contribution is 2.32. The predicted octanol–water partition coefficient (Wildman–Crippen LogP) is 1.96. The first-order valence-electron chi connectivity index (χ1n) is 7.52. The number of amides is 2. The topological polar surface area (TPSA) is 58.6 Å². The monoisotopic (exact) mass is 344 g/mol. The molecule has 1 N–H and O–H groups in total. The van der Waals surface area contributed by atoms with Crippen molar-refractivity contribution in [1.29, 1.82) is 0 Å². The van der Waals surface area contributed by atoms with Gasteiger partial charge in [-0.3, -0.25) is 9.59 Å². The van der Waals surface area contributed by atoms with E-state index in [2.05, 4.69) is 5.32 Å². The molecule has 0 saturated carbocycles. The number of rotatable bonds is 6. The van der Waals surface area contributed by atoms with E-state index in [4.69, 9.17) is 4.74 Å². The molecule has 1 atom stereocenters. The number of halogens is 3. The summed E-state index contributed by atoms with van der Waals surface area (Å²) in [4.78, 5) is 25.0. The first kappa shape index (κ1) is 18.3. The van der Waals surface area contributed by atoms with Crippen LogP contribution in [-0.2, 0) is 27.0 Å². The van der Waals surface area contributed by atoms with Gasteiger partial charge in [-0.05, 0) is 11.6 Å². The molecule has 0 aliphatic carbocycles. The largest absolute Gasteiger partial charge is 0.416 e. The third-order valence-corrected chi connectivity index (χ3v) is 3.80. The average molecular weight is 344 g/mol. The smallest absolute Gasteiger partial charge is 0.384 e. The molecule has 8 heteroatoms. The Morgan fingerprint density at radius 1 is 1.38 bits per heavy atom. The summed E-state index contributed by atoms with van der Waals surface area (Å²) in [5, 5.41) is 2.70. The van der Waals surface area contributed by atoms with Gasteiger partial charge in [-0.2, -0.15) is 13.2 Å². The Labute approximate surface area is 137 Å². The standard InChI is InChI=1S/C16H19F3N2O3/c1-24-7-6-14(22)20-12-8-15(23)21(10-12)9-11-4-2-3-5-13(11)16(17,18)19/h2-5,12H,6-10H2,1H3,(H,20,22)/t12-/m1/s1. The van der Waals surface area contributed by atoms with Crippen LogP contribution in [0.15, 0.2) is 24.3 Å². The number of hydrogen-bond donors (Lipinski definition) is 1. The first-order chi connectivity index (χ1) is 11.3. The molecule has 0 aromatic heterocycles. The van der Waals surface area contributed by atoms with Crippen LogP contribution >= 0.6 is 0 Å². The molecule has 24 heavy (non-hydrogen) atoms. The number of methoxy groups -OCH3 is 1. The van der Waals surface area contributed by atoms with E-state index >= 15 is 0 Å². The Hall–Kier alpha value is -2.09. The molecule has 1 saturated heterocycles. The van der Waals surface area contributed by atoms with Crippen molar-refractivity contribution in [1.82, 2.24) is 10.2 Å². The second kappa shape index (κ2) is 7.65. The number of carbonyl (C=O) groups is 2. The Morgan fingerprint density at radius 2 is 2.08 bits per heavy atom. The average Bonchev–Trinajstić information content (AvgIpc) is 2.84. The van der Waals surface area contributed by atoms with Crippen molar-refractivity contribution < 1.29 is 27.5 Å². The zero-order valence-corrected chi connectivity index (χ0v) is 13.2. The van der Waals surface area contributed by atoms with Crippen molar-refractivity contribution in [3.8, 4) is 0 Å². The summed E-state index contributed by atoms with van der Waals surface area (Å²) in [6.07, 6.45) is -4.20. The molecule has 1 aromatic rings. The SMILES string of the molecule is COCCC(=O)N[C@@H]1CC(=O)N(Cc2ccccc2C(F)(F)F)C1. The lowest BCUT2D eigenvalue weighted by Crippen LogP contribution is -2.37. The molecule has 1 fully saturated rings. The van der Waals surface area contributed by atoms with Crippen molar-refractivity contribution in [3.05, 3.63) is 35.4 Å². The molecule has 0 radical (unpaired) electrons. The highest BCUT2D eigenvalue weighted by molar-refractivity contribution is 5.82. The number of nitrogens with zero attached hydrogens (tertiary/aromatic N) is 1. The summed E-state index contributed by atoms with van der Waals surface area (Å²) >= 11 is 0. The number of benzene rings is 1. The fourth-order valence-corrected chi connectivity index (χ4v) is 2.66. The molecule has 2 rings (SSSR count). The number of nitrogens with one attached hydrogen (secondary N) is 1. The van der Waals surface area contributed by atoms with Gasteiger partial charge < -0.3 is 15.0 Å². The van der Waals surface area contributed by atoms with E-state index in [0.29, 0.717) is 0 Å². The van der Waals surface area contributed by atoms with E-state index in [-0.39, 0.29) is 56.0 Å². The molecule has 1 heterocycles. The number of hydrogen-bond acceptors (Lipinski definition) is 3. The first-order valence-corrected chi connectivity index (χ1v) is 7.52. The van der Waals surface area contributed by atoms with Gasteiger partial charge in [-0.15, -0.1) is 0 Å². The van der Waals surface area contributed by atoms with Crippen molar-refractivity contribution in [3.63, 3.8) is 0 Å². The van der Waals surface area contributed by atoms with E-state index in [9.17, 15) is 22.8 Å². The Morgan fingerprint density at radius 3 is 2.75 bits per heavy atom. The van der Waals surface area contributed by atoms with E-state index in [1.54, 1.807) is 0 Å². The third-order valence-electron chi connectivity index (χ3n) is 3.80. The highest BCUT2D eigenvalue weighted by Gasteiger charge is 2.35. The Kier molecular flexibility index (Phi) is 5.82. The van der Waals surface area contributed by atoms with Crippen LogP contribution in [0.25, 0.3) is 0 Å². The van der Waals surface area contributed by atoms with Gasteiger partial charge in [0.25, 0.3) is 0 Å². The van der Waals surface area contributed by atoms with Crippen LogP contribution in [0.5, 0.6) is 0 Å². The zero-order valence-electron chi connectivity index (χ0n) is 13.2. The molecule has 0 spiro atoms. The zero-order chi connectivity index (χ0) is 17.7. The Bertz CT molecular complexity index is 604. The third kappa shape index (κ3) is 4.70. The number of carbonyl (C=O) groups excluding carboxylic acids is 2. The molecule has 132 valence electrons. The summed E-state index contributed by atoms with van der Waals surface area (Å²) in [5.74, 6) is -0.517. The molecular weight excluding hydrogens is 325 g/mol. The normalized spacial score (nSPS) is 18.1. The lowest BCUT2D eigenvalue weighted by molar-refractivity contribution is -0.139. The van der Waals surface area contributed by atoms with Crippen molar-refractivity contribution >= 4 is 11.8 Å². The van der Waals surface area contributed by atoms with Gasteiger partial charge in [-0.25, -0.2) is 0 Å². The van der Waals surface area contributed by atoms with Crippen LogP contribution in [0.1, 0.15) is 24.0 Å². The van der Waals surface area contributed by atoms with E-state index in [1.165, 1.54) is 30.2 Å². The molecule has 1 aliphatic heterocycles. The highest BCUT2D eigenvalue weighted by atomic mass is 19.4. The molecule has 1 aromatic carbocycles. The maximum Gasteiger partial charge on any atom is 0.416 e. The van der Waals surface area contributed by atoms with Crippen LogP contribution < -0.4 is 5.32 Å². The second-order valence-corrected chi connectivity index (χ2v) is 5.64. The molecule has 1 aliphatic rings. The minimum Gasteiger partial charge on any atom is -0.384 e. The van der Waals surface area contributed by atoms with Gasteiger partial charge >= 0.3 is 6.18 Å². The van der Waals surface area contributed by atoms with Crippen LogP contribution in [0, 0.1) is 0 Å². The minimum absolute atomic E-state index is 0.0460. The van der Waals surface area contributed by atoms with E-state index < -0.39 is 11.7 Å². The van der Waals surface area contributed by atoms with Crippen molar-refractivity contribution in [2.24, 2.45) is 0 Å². The van der Waals surface area contributed by atoms with Gasteiger partial charge in [-0.1, -0.05) is 18.2 Å². The molecular formula is C16H19F3N2O3. The molecule has 5 nitrogen and oxygen atoms in total. The Balaban J connectivity index is 2.00. The van der Waals surface area contributed by atoms with Gasteiger partial charge in [0.2, 0.25) is 11.8 Å². The maximum atomic E-state index is 13.0. The quantitative estimate of drug-likeness (QED) is 0.858. The number of ether oxygens (including phenoxy) is 1. The fourth-order valence-electron chi connectivity index (χ4n) is 2.66. The summed E-state index contributed by atoms with van der Waals surface area (Å²) in [5.41, 5.74) is -0.699. The van der Waals surface area contributed by atoms with Crippen molar-refractivity contribution in [2.45, 2.75) is 31.6 Å². The number of likely N-dealkylation sites (tertiary alicyclic amines) is 1. The van der Waals surface area contributed by atoms with Gasteiger partial charge in [0, 0.05) is 33.0 Å². The maximum absolute atomic E-state index is 13.0.